The van der Waals surface area contributed by atoms with E-state index in [1.165, 1.54) is 51.4 Å². The Balaban J connectivity index is 3.42. The topological polar surface area (TPSA) is 34.1 Å². The first-order valence-electron chi connectivity index (χ1n) is 8.32. The molecule has 0 rings (SSSR count). The van der Waals surface area contributed by atoms with Crippen molar-refractivity contribution in [2.75, 3.05) is 11.5 Å². The second kappa shape index (κ2) is 13.0. The largest absolute Gasteiger partial charge is 0.229 e. The van der Waals surface area contributed by atoms with Gasteiger partial charge in [-0.2, -0.15) is 0 Å². The van der Waals surface area contributed by atoms with Crippen molar-refractivity contribution in [2.24, 2.45) is 0 Å². The van der Waals surface area contributed by atoms with E-state index in [0.717, 1.165) is 25.7 Å². The second-order valence-corrected chi connectivity index (χ2v) is 7.99. The third kappa shape index (κ3) is 14.2. The molecular formula is C16H34O2S. The molecule has 19 heavy (non-hydrogen) atoms. The molecule has 0 aliphatic carbocycles. The van der Waals surface area contributed by atoms with Crippen molar-refractivity contribution in [1.29, 1.82) is 0 Å². The standard InChI is InChI=1S/C16H34O2S/c1-3-5-7-9-11-13-15-19(17,18)16-14-12-10-8-6-4-2/h3-16H2,1-2H3. The molecule has 0 aliphatic rings. The van der Waals surface area contributed by atoms with Crippen LogP contribution in [0, 0.1) is 0 Å². The van der Waals surface area contributed by atoms with E-state index >= 15 is 0 Å². The minimum absolute atomic E-state index is 0.411. The maximum atomic E-state index is 11.8. The highest BCUT2D eigenvalue weighted by molar-refractivity contribution is 7.91. The monoisotopic (exact) mass is 290 g/mol. The SMILES string of the molecule is CCCCCCCCS(=O)(=O)CCCCCCCC. The van der Waals surface area contributed by atoms with Gasteiger partial charge in [-0.25, -0.2) is 8.42 Å². The van der Waals surface area contributed by atoms with Crippen LogP contribution >= 0.6 is 0 Å². The molecule has 0 saturated carbocycles. The van der Waals surface area contributed by atoms with Crippen molar-refractivity contribution in [3.63, 3.8) is 0 Å². The van der Waals surface area contributed by atoms with Crippen LogP contribution in [0.4, 0.5) is 0 Å². The lowest BCUT2D eigenvalue weighted by molar-refractivity contribution is 0.574. The van der Waals surface area contributed by atoms with E-state index in [9.17, 15) is 8.42 Å². The van der Waals surface area contributed by atoms with E-state index in [2.05, 4.69) is 13.8 Å². The first kappa shape index (κ1) is 18.9. The zero-order valence-corrected chi connectivity index (χ0v) is 13.9. The van der Waals surface area contributed by atoms with Gasteiger partial charge in [0.2, 0.25) is 0 Å². The third-order valence-electron chi connectivity index (χ3n) is 3.62. The number of unbranched alkanes of at least 4 members (excludes halogenated alkanes) is 10. The summed E-state index contributed by atoms with van der Waals surface area (Å²) in [5.74, 6) is 0.822. The molecule has 0 N–H and O–H groups in total. The molecule has 0 aromatic heterocycles. The van der Waals surface area contributed by atoms with Gasteiger partial charge in [0.05, 0.1) is 11.5 Å². The summed E-state index contributed by atoms with van der Waals surface area (Å²) in [6.07, 6.45) is 13.8. The number of sulfone groups is 1. The summed E-state index contributed by atoms with van der Waals surface area (Å²) in [7, 11) is -2.77. The molecule has 116 valence electrons. The van der Waals surface area contributed by atoms with E-state index in [1.807, 2.05) is 0 Å². The molecular weight excluding hydrogens is 256 g/mol. The zero-order valence-electron chi connectivity index (χ0n) is 13.1. The molecule has 0 amide bonds. The Morgan fingerprint density at radius 1 is 0.526 bits per heavy atom. The predicted octanol–water partition coefficient (Wildman–Crippen LogP) is 5.12. The highest BCUT2D eigenvalue weighted by Crippen LogP contribution is 2.09. The molecule has 0 spiro atoms. The molecule has 0 atom stereocenters. The number of hydrogen-bond donors (Lipinski definition) is 0. The quantitative estimate of drug-likeness (QED) is 0.416. The maximum Gasteiger partial charge on any atom is 0.150 e. The highest BCUT2D eigenvalue weighted by atomic mass is 32.2. The van der Waals surface area contributed by atoms with E-state index in [1.54, 1.807) is 0 Å². The van der Waals surface area contributed by atoms with Crippen LogP contribution in [0.5, 0.6) is 0 Å². The van der Waals surface area contributed by atoms with Crippen LogP contribution in [0.3, 0.4) is 0 Å². The zero-order chi connectivity index (χ0) is 14.4. The number of rotatable bonds is 14. The summed E-state index contributed by atoms with van der Waals surface area (Å²) in [6, 6.07) is 0. The molecule has 0 radical (unpaired) electrons. The first-order valence-corrected chi connectivity index (χ1v) is 10.1. The molecule has 2 nitrogen and oxygen atoms in total. The van der Waals surface area contributed by atoms with Gasteiger partial charge >= 0.3 is 0 Å². The van der Waals surface area contributed by atoms with Gasteiger partial charge in [0.15, 0.2) is 0 Å². The van der Waals surface area contributed by atoms with Gasteiger partial charge in [0.25, 0.3) is 0 Å². The Bertz CT molecular complexity index is 248. The van der Waals surface area contributed by atoms with Crippen LogP contribution in [-0.4, -0.2) is 19.9 Å². The lowest BCUT2D eigenvalue weighted by atomic mass is 10.1. The fraction of sp³-hybridized carbons (Fsp3) is 1.00. The van der Waals surface area contributed by atoms with Crippen LogP contribution in [-0.2, 0) is 9.84 Å². The van der Waals surface area contributed by atoms with Gasteiger partial charge in [0, 0.05) is 0 Å². The minimum atomic E-state index is -2.77. The van der Waals surface area contributed by atoms with E-state index < -0.39 is 9.84 Å². The van der Waals surface area contributed by atoms with Crippen molar-refractivity contribution < 1.29 is 8.42 Å². The summed E-state index contributed by atoms with van der Waals surface area (Å²) in [6.45, 7) is 4.40. The van der Waals surface area contributed by atoms with Crippen molar-refractivity contribution in [3.05, 3.63) is 0 Å². The summed E-state index contributed by atoms with van der Waals surface area (Å²) >= 11 is 0. The Morgan fingerprint density at radius 3 is 1.21 bits per heavy atom. The Kier molecular flexibility index (Phi) is 12.9. The highest BCUT2D eigenvalue weighted by Gasteiger charge is 2.09. The average Bonchev–Trinajstić information content (AvgIpc) is 2.38. The Morgan fingerprint density at radius 2 is 0.842 bits per heavy atom. The van der Waals surface area contributed by atoms with Gasteiger partial charge in [-0.15, -0.1) is 0 Å². The summed E-state index contributed by atoms with van der Waals surface area (Å²) < 4.78 is 23.6. The molecule has 0 aromatic rings. The third-order valence-corrected chi connectivity index (χ3v) is 5.44. The van der Waals surface area contributed by atoms with Crippen molar-refractivity contribution in [2.45, 2.75) is 90.9 Å². The fourth-order valence-corrected chi connectivity index (χ4v) is 3.80. The van der Waals surface area contributed by atoms with Crippen molar-refractivity contribution >= 4 is 9.84 Å². The predicted molar refractivity (Wildman–Crippen MR) is 85.4 cm³/mol. The average molecular weight is 291 g/mol. The lowest BCUT2D eigenvalue weighted by Crippen LogP contribution is -2.11. The van der Waals surface area contributed by atoms with E-state index in [4.69, 9.17) is 0 Å². The molecule has 0 unspecified atom stereocenters. The first-order chi connectivity index (χ1) is 9.12. The molecule has 0 saturated heterocycles. The van der Waals surface area contributed by atoms with Crippen LogP contribution in [0.25, 0.3) is 0 Å². The molecule has 0 fully saturated rings. The van der Waals surface area contributed by atoms with Gasteiger partial charge < -0.3 is 0 Å². The van der Waals surface area contributed by atoms with Crippen LogP contribution in [0.15, 0.2) is 0 Å². The molecule has 0 bridgehead atoms. The minimum Gasteiger partial charge on any atom is -0.229 e. The van der Waals surface area contributed by atoms with Gasteiger partial charge in [0.1, 0.15) is 9.84 Å². The van der Waals surface area contributed by atoms with Crippen LogP contribution in [0.2, 0.25) is 0 Å². The number of hydrogen-bond acceptors (Lipinski definition) is 2. The summed E-state index contributed by atoms with van der Waals surface area (Å²) in [5, 5.41) is 0. The van der Waals surface area contributed by atoms with Crippen molar-refractivity contribution in [1.82, 2.24) is 0 Å². The van der Waals surface area contributed by atoms with Crippen molar-refractivity contribution in [3.8, 4) is 0 Å². The summed E-state index contributed by atoms with van der Waals surface area (Å²) in [4.78, 5) is 0. The smallest absolute Gasteiger partial charge is 0.150 e. The lowest BCUT2D eigenvalue weighted by Gasteiger charge is -2.04. The van der Waals surface area contributed by atoms with Gasteiger partial charge in [-0.1, -0.05) is 78.1 Å². The normalized spacial score (nSPS) is 11.9. The maximum absolute atomic E-state index is 11.8. The van der Waals surface area contributed by atoms with Crippen LogP contribution < -0.4 is 0 Å². The molecule has 0 aliphatic heterocycles. The van der Waals surface area contributed by atoms with E-state index in [0.29, 0.717) is 11.5 Å². The molecule has 0 heterocycles. The molecule has 3 heteroatoms. The fourth-order valence-electron chi connectivity index (χ4n) is 2.31. The van der Waals surface area contributed by atoms with Gasteiger partial charge in [-0.05, 0) is 12.8 Å². The van der Waals surface area contributed by atoms with E-state index in [-0.39, 0.29) is 0 Å². The Labute approximate surface area is 121 Å². The van der Waals surface area contributed by atoms with Crippen LogP contribution in [0.1, 0.15) is 90.9 Å². The Hall–Kier alpha value is -0.0500. The second-order valence-electron chi connectivity index (χ2n) is 5.69. The summed E-state index contributed by atoms with van der Waals surface area (Å²) in [5.41, 5.74) is 0. The molecule has 0 aromatic carbocycles. The van der Waals surface area contributed by atoms with Gasteiger partial charge in [-0.3, -0.25) is 0 Å².